The van der Waals surface area contributed by atoms with Crippen molar-refractivity contribution in [3.8, 4) is 0 Å². The topological polar surface area (TPSA) is 58.0 Å². The number of hydrogen-bond donors (Lipinski definition) is 0. The first-order valence-electron chi connectivity index (χ1n) is 6.47. The molecule has 0 fully saturated rings. The minimum absolute atomic E-state index is 0.701. The van der Waals surface area contributed by atoms with Gasteiger partial charge in [-0.3, -0.25) is 4.98 Å². The van der Waals surface area contributed by atoms with Gasteiger partial charge in [0.05, 0.1) is 11.4 Å². The van der Waals surface area contributed by atoms with Crippen molar-refractivity contribution in [2.45, 2.75) is 20.4 Å². The van der Waals surface area contributed by atoms with Crippen molar-refractivity contribution in [2.24, 2.45) is 0 Å². The molecule has 2 aromatic rings. The summed E-state index contributed by atoms with van der Waals surface area (Å²) < 4.78 is 0. The minimum Gasteiger partial charge on any atom is -0.354 e. The zero-order valence-corrected chi connectivity index (χ0v) is 12.6. The van der Waals surface area contributed by atoms with E-state index < -0.39 is 0 Å². The lowest BCUT2D eigenvalue weighted by Crippen LogP contribution is -2.20. The Hall–Kier alpha value is -2.24. The monoisotopic (exact) mass is 272 g/mol. The third-order valence-electron chi connectivity index (χ3n) is 2.92. The number of rotatable bonds is 4. The van der Waals surface area contributed by atoms with Crippen LogP contribution in [0.1, 0.15) is 17.0 Å². The molecule has 0 aliphatic rings. The lowest BCUT2D eigenvalue weighted by molar-refractivity contribution is 0.854. The van der Waals surface area contributed by atoms with Crippen LogP contribution >= 0.6 is 0 Å². The van der Waals surface area contributed by atoms with Crippen LogP contribution in [0.2, 0.25) is 0 Å². The molecular formula is C14H20N6. The van der Waals surface area contributed by atoms with Crippen LogP contribution in [-0.4, -0.2) is 41.1 Å². The molecule has 6 heteroatoms. The van der Waals surface area contributed by atoms with Gasteiger partial charge in [0, 0.05) is 51.8 Å². The molecule has 0 aliphatic heterocycles. The molecule has 0 saturated heterocycles. The summed E-state index contributed by atoms with van der Waals surface area (Å²) >= 11 is 0. The van der Waals surface area contributed by atoms with Crippen molar-refractivity contribution in [1.82, 2.24) is 19.9 Å². The molecule has 2 heterocycles. The number of aromatic nitrogens is 4. The highest BCUT2D eigenvalue weighted by Crippen LogP contribution is 2.16. The highest BCUT2D eigenvalue weighted by molar-refractivity contribution is 5.43. The average molecular weight is 272 g/mol. The second kappa shape index (κ2) is 5.81. The van der Waals surface area contributed by atoms with Gasteiger partial charge in [-0.1, -0.05) is 0 Å². The van der Waals surface area contributed by atoms with E-state index in [-0.39, 0.29) is 0 Å². The zero-order valence-electron chi connectivity index (χ0n) is 12.6. The second-order valence-electron chi connectivity index (χ2n) is 5.06. The summed E-state index contributed by atoms with van der Waals surface area (Å²) in [6, 6.07) is 0. The van der Waals surface area contributed by atoms with E-state index in [0.29, 0.717) is 12.5 Å². The lowest BCUT2D eigenvalue weighted by atomic mass is 10.3. The van der Waals surface area contributed by atoms with Crippen LogP contribution < -0.4 is 9.80 Å². The Bertz CT molecular complexity index is 579. The van der Waals surface area contributed by atoms with Crippen molar-refractivity contribution in [2.75, 3.05) is 30.9 Å². The standard InChI is InChI=1S/C14H20N6/c1-10-6-15-11(2)13(18-10)20(5)9-12-7-16-14(17-8-12)19(3)4/h6-8H,9H2,1-5H3. The van der Waals surface area contributed by atoms with Crippen LogP contribution in [0.3, 0.4) is 0 Å². The normalized spacial score (nSPS) is 10.4. The Morgan fingerprint density at radius 3 is 2.20 bits per heavy atom. The quantitative estimate of drug-likeness (QED) is 0.842. The summed E-state index contributed by atoms with van der Waals surface area (Å²) in [6.07, 6.45) is 5.47. The van der Waals surface area contributed by atoms with Gasteiger partial charge in [-0.15, -0.1) is 0 Å². The van der Waals surface area contributed by atoms with Crippen molar-refractivity contribution < 1.29 is 0 Å². The molecule has 2 rings (SSSR count). The Morgan fingerprint density at radius 2 is 1.60 bits per heavy atom. The van der Waals surface area contributed by atoms with Gasteiger partial charge >= 0.3 is 0 Å². The predicted octanol–water partition coefficient (Wildman–Crippen LogP) is 1.59. The maximum atomic E-state index is 4.53. The van der Waals surface area contributed by atoms with E-state index in [0.717, 1.165) is 22.8 Å². The summed E-state index contributed by atoms with van der Waals surface area (Å²) in [5.41, 5.74) is 2.88. The fourth-order valence-electron chi connectivity index (χ4n) is 1.90. The van der Waals surface area contributed by atoms with E-state index in [1.807, 2.05) is 52.3 Å². The summed E-state index contributed by atoms with van der Waals surface area (Å²) in [5, 5.41) is 0. The summed E-state index contributed by atoms with van der Waals surface area (Å²) in [7, 11) is 5.84. The molecule has 6 nitrogen and oxygen atoms in total. The summed E-state index contributed by atoms with van der Waals surface area (Å²) in [4.78, 5) is 21.4. The summed E-state index contributed by atoms with van der Waals surface area (Å²) in [5.74, 6) is 1.60. The van der Waals surface area contributed by atoms with Crippen LogP contribution in [0.25, 0.3) is 0 Å². The first kappa shape index (κ1) is 14.2. The third kappa shape index (κ3) is 3.20. The number of hydrogen-bond acceptors (Lipinski definition) is 6. The SMILES string of the molecule is Cc1cnc(C)c(N(C)Cc2cnc(N(C)C)nc2)n1. The molecule has 0 unspecified atom stereocenters. The van der Waals surface area contributed by atoms with Gasteiger partial charge in [0.1, 0.15) is 5.82 Å². The van der Waals surface area contributed by atoms with E-state index in [4.69, 9.17) is 0 Å². The van der Waals surface area contributed by atoms with Crippen molar-refractivity contribution >= 4 is 11.8 Å². The molecule has 0 saturated carbocycles. The van der Waals surface area contributed by atoms with E-state index >= 15 is 0 Å². The average Bonchev–Trinajstić information content (AvgIpc) is 2.42. The Balaban J connectivity index is 2.14. The van der Waals surface area contributed by atoms with Gasteiger partial charge < -0.3 is 9.80 Å². The third-order valence-corrected chi connectivity index (χ3v) is 2.92. The fourth-order valence-corrected chi connectivity index (χ4v) is 1.90. The molecule has 0 aromatic carbocycles. The minimum atomic E-state index is 0.701. The molecule has 0 bridgehead atoms. The number of aryl methyl sites for hydroxylation is 2. The molecule has 20 heavy (non-hydrogen) atoms. The van der Waals surface area contributed by atoms with Gasteiger partial charge in [0.25, 0.3) is 0 Å². The maximum absolute atomic E-state index is 4.53. The molecule has 0 aliphatic carbocycles. The first-order chi connectivity index (χ1) is 9.47. The molecular weight excluding hydrogens is 252 g/mol. The summed E-state index contributed by atoms with van der Waals surface area (Å²) in [6.45, 7) is 4.61. The van der Waals surface area contributed by atoms with Crippen LogP contribution in [0.5, 0.6) is 0 Å². The lowest BCUT2D eigenvalue weighted by Gasteiger charge is -2.20. The first-order valence-corrected chi connectivity index (χ1v) is 6.47. The van der Waals surface area contributed by atoms with Crippen molar-refractivity contribution in [3.63, 3.8) is 0 Å². The number of nitrogens with zero attached hydrogens (tertiary/aromatic N) is 6. The predicted molar refractivity (Wildman–Crippen MR) is 80.0 cm³/mol. The highest BCUT2D eigenvalue weighted by atomic mass is 15.2. The molecule has 0 amide bonds. The Morgan fingerprint density at radius 1 is 0.950 bits per heavy atom. The smallest absolute Gasteiger partial charge is 0.224 e. The fraction of sp³-hybridized carbons (Fsp3) is 0.429. The van der Waals surface area contributed by atoms with Crippen LogP contribution in [0.15, 0.2) is 18.6 Å². The zero-order chi connectivity index (χ0) is 14.7. The van der Waals surface area contributed by atoms with E-state index in [1.54, 1.807) is 6.20 Å². The largest absolute Gasteiger partial charge is 0.354 e. The van der Waals surface area contributed by atoms with Gasteiger partial charge in [0.15, 0.2) is 0 Å². The molecule has 2 aromatic heterocycles. The van der Waals surface area contributed by atoms with E-state index in [9.17, 15) is 0 Å². The number of anilines is 2. The molecule has 0 N–H and O–H groups in total. The van der Waals surface area contributed by atoms with Crippen molar-refractivity contribution in [3.05, 3.63) is 35.5 Å². The van der Waals surface area contributed by atoms with Crippen LogP contribution in [-0.2, 0) is 6.54 Å². The molecule has 0 atom stereocenters. The van der Waals surface area contributed by atoms with Gasteiger partial charge in [-0.25, -0.2) is 15.0 Å². The maximum Gasteiger partial charge on any atom is 0.224 e. The molecule has 0 radical (unpaired) electrons. The van der Waals surface area contributed by atoms with E-state index in [1.165, 1.54) is 0 Å². The van der Waals surface area contributed by atoms with Gasteiger partial charge in [-0.2, -0.15) is 0 Å². The van der Waals surface area contributed by atoms with Gasteiger partial charge in [-0.05, 0) is 13.8 Å². The van der Waals surface area contributed by atoms with Crippen LogP contribution in [0.4, 0.5) is 11.8 Å². The highest BCUT2D eigenvalue weighted by Gasteiger charge is 2.09. The van der Waals surface area contributed by atoms with E-state index in [2.05, 4.69) is 24.8 Å². The Kier molecular flexibility index (Phi) is 4.12. The Labute approximate surface area is 119 Å². The van der Waals surface area contributed by atoms with Crippen LogP contribution in [0, 0.1) is 13.8 Å². The molecule has 0 spiro atoms. The van der Waals surface area contributed by atoms with Crippen molar-refractivity contribution in [1.29, 1.82) is 0 Å². The second-order valence-corrected chi connectivity index (χ2v) is 5.06. The van der Waals surface area contributed by atoms with Gasteiger partial charge in [0.2, 0.25) is 5.95 Å². The molecule has 106 valence electrons.